The molecule has 3 heterocycles. The number of aliphatic hydroxyl groups excluding tert-OH is 1. The van der Waals surface area contributed by atoms with Gasteiger partial charge in [0.05, 0.1) is 31.4 Å². The summed E-state index contributed by atoms with van der Waals surface area (Å²) in [5, 5.41) is 19.7. The highest BCUT2D eigenvalue weighted by Gasteiger charge is 2.54. The zero-order valence-electron chi connectivity index (χ0n) is 16.2. The highest BCUT2D eigenvalue weighted by atomic mass is 16.5. The summed E-state index contributed by atoms with van der Waals surface area (Å²) in [5.41, 5.74) is 0.132. The van der Waals surface area contributed by atoms with Gasteiger partial charge in [-0.2, -0.15) is 5.26 Å². The van der Waals surface area contributed by atoms with Crippen LogP contribution in [0.1, 0.15) is 46.5 Å². The molecule has 2 bridgehead atoms. The van der Waals surface area contributed by atoms with Gasteiger partial charge >= 0.3 is 0 Å². The summed E-state index contributed by atoms with van der Waals surface area (Å²) in [5.74, 6) is -0.909. The molecule has 6 heteroatoms. The van der Waals surface area contributed by atoms with Gasteiger partial charge < -0.3 is 14.7 Å². The van der Waals surface area contributed by atoms with E-state index in [0.29, 0.717) is 13.2 Å². The second kappa shape index (κ2) is 7.30. The molecule has 1 amide bonds. The van der Waals surface area contributed by atoms with Gasteiger partial charge in [0.2, 0.25) is 5.91 Å². The average Bonchev–Trinajstić information content (AvgIpc) is 3.18. The van der Waals surface area contributed by atoms with Gasteiger partial charge in [-0.05, 0) is 52.0 Å². The number of amides is 1. The molecular formula is C20H31N3O3. The number of ether oxygens (including phenoxy) is 1. The van der Waals surface area contributed by atoms with Crippen LogP contribution in [0, 0.1) is 17.2 Å². The predicted octanol–water partition coefficient (Wildman–Crippen LogP) is 1.70. The molecule has 3 saturated heterocycles. The van der Waals surface area contributed by atoms with E-state index in [2.05, 4.69) is 30.9 Å². The van der Waals surface area contributed by atoms with E-state index in [-0.39, 0.29) is 24.1 Å². The van der Waals surface area contributed by atoms with Crippen LogP contribution in [0.2, 0.25) is 0 Å². The molecular weight excluding hydrogens is 330 g/mol. The normalized spacial score (nSPS) is 31.1. The first-order valence-electron chi connectivity index (χ1n) is 9.70. The van der Waals surface area contributed by atoms with E-state index in [4.69, 9.17) is 4.74 Å². The standard InChI is InChI=1S/C20H31N3O3/c1-15(12-19(2,3)22-8-10-26-11-9-22)17(13-21)18(25)23-16-4-6-20(23,14-24)7-5-16/h12,16-17,24H,4-11,14H2,1-3H3/b15-12+. The molecule has 0 saturated carbocycles. The van der Waals surface area contributed by atoms with Crippen LogP contribution < -0.4 is 0 Å². The van der Waals surface area contributed by atoms with Crippen LogP contribution in [0.25, 0.3) is 0 Å². The minimum Gasteiger partial charge on any atom is -0.394 e. The van der Waals surface area contributed by atoms with Gasteiger partial charge in [-0.3, -0.25) is 9.69 Å². The maximum atomic E-state index is 13.2. The quantitative estimate of drug-likeness (QED) is 0.754. The zero-order valence-corrected chi connectivity index (χ0v) is 16.2. The number of hydrogen-bond donors (Lipinski definition) is 1. The monoisotopic (exact) mass is 361 g/mol. The van der Waals surface area contributed by atoms with E-state index >= 15 is 0 Å². The number of rotatable bonds is 5. The molecule has 3 aliphatic heterocycles. The van der Waals surface area contributed by atoms with Crippen LogP contribution in [0.5, 0.6) is 0 Å². The van der Waals surface area contributed by atoms with Crippen molar-refractivity contribution in [1.82, 2.24) is 9.80 Å². The van der Waals surface area contributed by atoms with E-state index in [9.17, 15) is 15.2 Å². The van der Waals surface area contributed by atoms with Gasteiger partial charge in [-0.15, -0.1) is 0 Å². The number of carbonyl (C=O) groups excluding carboxylic acids is 1. The van der Waals surface area contributed by atoms with Crippen molar-refractivity contribution in [2.45, 2.75) is 63.6 Å². The number of carbonyl (C=O) groups is 1. The first-order chi connectivity index (χ1) is 12.3. The van der Waals surface area contributed by atoms with Crippen molar-refractivity contribution in [1.29, 1.82) is 5.26 Å². The van der Waals surface area contributed by atoms with Crippen molar-refractivity contribution >= 4 is 5.91 Å². The van der Waals surface area contributed by atoms with Crippen molar-refractivity contribution in [2.75, 3.05) is 32.9 Å². The molecule has 1 atom stereocenters. The fraction of sp³-hybridized carbons (Fsp3) is 0.800. The lowest BCUT2D eigenvalue weighted by Gasteiger charge is -2.40. The summed E-state index contributed by atoms with van der Waals surface area (Å²) in [6.45, 7) is 9.25. The maximum Gasteiger partial charge on any atom is 0.244 e. The number of aliphatic hydroxyl groups is 1. The molecule has 1 unspecified atom stereocenters. The second-order valence-corrected chi connectivity index (χ2v) is 8.53. The van der Waals surface area contributed by atoms with Crippen LogP contribution >= 0.6 is 0 Å². The van der Waals surface area contributed by atoms with Crippen LogP contribution in [0.15, 0.2) is 11.6 Å². The number of hydrogen-bond acceptors (Lipinski definition) is 5. The Kier molecular flexibility index (Phi) is 5.43. The summed E-state index contributed by atoms with van der Waals surface area (Å²) in [7, 11) is 0. The summed E-state index contributed by atoms with van der Waals surface area (Å²) >= 11 is 0. The Morgan fingerprint density at radius 1 is 1.38 bits per heavy atom. The molecule has 3 fully saturated rings. The molecule has 0 aliphatic carbocycles. The third-order valence-corrected chi connectivity index (χ3v) is 6.53. The van der Waals surface area contributed by atoms with E-state index in [1.54, 1.807) is 0 Å². The Morgan fingerprint density at radius 2 is 2.00 bits per heavy atom. The van der Waals surface area contributed by atoms with Gasteiger partial charge in [-0.25, -0.2) is 0 Å². The number of fused-ring (bicyclic) bond motifs is 2. The van der Waals surface area contributed by atoms with E-state index in [1.165, 1.54) is 0 Å². The van der Waals surface area contributed by atoms with Crippen molar-refractivity contribution in [3.05, 3.63) is 11.6 Å². The Morgan fingerprint density at radius 3 is 2.54 bits per heavy atom. The van der Waals surface area contributed by atoms with E-state index in [0.717, 1.165) is 44.3 Å². The van der Waals surface area contributed by atoms with Crippen LogP contribution in [-0.4, -0.2) is 70.8 Å². The SMILES string of the molecule is C/C(=C\C(C)(C)N1CCOCC1)C(C#N)C(=O)N1C2CCC1(CO)CC2. The molecule has 3 aliphatic rings. The van der Waals surface area contributed by atoms with Crippen LogP contribution in [0.4, 0.5) is 0 Å². The number of morpholine rings is 1. The summed E-state index contributed by atoms with van der Waals surface area (Å²) in [6.07, 6.45) is 5.63. The van der Waals surface area contributed by atoms with Crippen molar-refractivity contribution in [3.63, 3.8) is 0 Å². The lowest BCUT2D eigenvalue weighted by atomic mass is 9.88. The smallest absolute Gasteiger partial charge is 0.244 e. The Balaban J connectivity index is 1.79. The molecule has 0 radical (unpaired) electrons. The molecule has 6 nitrogen and oxygen atoms in total. The highest BCUT2D eigenvalue weighted by molar-refractivity contribution is 5.86. The maximum absolute atomic E-state index is 13.2. The molecule has 0 spiro atoms. The second-order valence-electron chi connectivity index (χ2n) is 8.53. The van der Waals surface area contributed by atoms with Crippen LogP contribution in [0.3, 0.4) is 0 Å². The van der Waals surface area contributed by atoms with Gasteiger partial charge in [0.1, 0.15) is 5.92 Å². The van der Waals surface area contributed by atoms with Crippen molar-refractivity contribution in [2.24, 2.45) is 5.92 Å². The van der Waals surface area contributed by atoms with Gasteiger partial charge in [0.15, 0.2) is 0 Å². The van der Waals surface area contributed by atoms with Crippen molar-refractivity contribution < 1.29 is 14.6 Å². The average molecular weight is 361 g/mol. The summed E-state index contributed by atoms with van der Waals surface area (Å²) in [6, 6.07) is 2.42. The molecule has 144 valence electrons. The lowest BCUT2D eigenvalue weighted by molar-refractivity contribution is -0.138. The van der Waals surface area contributed by atoms with Crippen LogP contribution in [-0.2, 0) is 9.53 Å². The molecule has 26 heavy (non-hydrogen) atoms. The Labute approximate surface area is 156 Å². The van der Waals surface area contributed by atoms with E-state index in [1.807, 2.05) is 11.8 Å². The van der Waals surface area contributed by atoms with Gasteiger partial charge in [0, 0.05) is 24.7 Å². The first-order valence-corrected chi connectivity index (χ1v) is 9.70. The largest absolute Gasteiger partial charge is 0.394 e. The minimum atomic E-state index is -0.778. The third-order valence-electron chi connectivity index (χ3n) is 6.53. The molecule has 0 aromatic heterocycles. The predicted molar refractivity (Wildman–Crippen MR) is 98.2 cm³/mol. The third kappa shape index (κ3) is 3.28. The number of nitriles is 1. The van der Waals surface area contributed by atoms with Gasteiger partial charge in [0.25, 0.3) is 0 Å². The summed E-state index contributed by atoms with van der Waals surface area (Å²) in [4.78, 5) is 17.4. The molecule has 0 aromatic carbocycles. The zero-order chi connectivity index (χ0) is 18.9. The molecule has 1 N–H and O–H groups in total. The fourth-order valence-electron chi connectivity index (χ4n) is 5.04. The molecule has 0 aromatic rings. The van der Waals surface area contributed by atoms with Gasteiger partial charge in [-0.1, -0.05) is 6.08 Å². The fourth-order valence-corrected chi connectivity index (χ4v) is 5.04. The van der Waals surface area contributed by atoms with Crippen molar-refractivity contribution in [3.8, 4) is 6.07 Å². The Bertz CT molecular complexity index is 608. The molecule has 3 rings (SSSR count). The highest BCUT2D eigenvalue weighted by Crippen LogP contribution is 2.47. The Hall–Kier alpha value is -1.42. The lowest BCUT2D eigenvalue weighted by Crippen LogP contribution is -2.51. The first kappa shape index (κ1) is 19.3. The minimum absolute atomic E-state index is 0.00454. The topological polar surface area (TPSA) is 76.8 Å². The van der Waals surface area contributed by atoms with E-state index < -0.39 is 11.5 Å². The summed E-state index contributed by atoms with van der Waals surface area (Å²) < 4.78 is 5.43. The number of nitrogens with zero attached hydrogens (tertiary/aromatic N) is 3.